The Morgan fingerprint density at radius 3 is 2.56 bits per heavy atom. The van der Waals surface area contributed by atoms with E-state index in [2.05, 4.69) is 10.3 Å². The molecule has 0 aromatic carbocycles. The zero-order valence-electron chi connectivity index (χ0n) is 10.5. The molecule has 1 heterocycles. The molecule has 1 aromatic rings. The van der Waals surface area contributed by atoms with E-state index in [1.165, 1.54) is 0 Å². The van der Waals surface area contributed by atoms with Crippen LogP contribution in [0.1, 0.15) is 38.9 Å². The third-order valence-electron chi connectivity index (χ3n) is 2.28. The summed E-state index contributed by atoms with van der Waals surface area (Å²) in [5.41, 5.74) is -0.316. The number of halogens is 2. The number of aromatic nitrogens is 1. The molecule has 0 aliphatic rings. The summed E-state index contributed by atoms with van der Waals surface area (Å²) in [5, 5.41) is 11.0. The predicted octanol–water partition coefficient (Wildman–Crippen LogP) is 3.10. The number of amides is 1. The van der Waals surface area contributed by atoms with Gasteiger partial charge in [-0.3, -0.25) is 4.98 Å². The van der Waals surface area contributed by atoms with E-state index < -0.39 is 23.8 Å². The van der Waals surface area contributed by atoms with Gasteiger partial charge in [0.1, 0.15) is 11.6 Å². The van der Waals surface area contributed by atoms with Crippen LogP contribution in [-0.2, 0) is 0 Å². The molecule has 18 heavy (non-hydrogen) atoms. The van der Waals surface area contributed by atoms with Crippen molar-refractivity contribution in [2.75, 3.05) is 0 Å². The van der Waals surface area contributed by atoms with Crippen molar-refractivity contribution in [3.05, 3.63) is 29.6 Å². The van der Waals surface area contributed by atoms with Crippen molar-refractivity contribution in [3.63, 3.8) is 0 Å². The first-order valence-electron chi connectivity index (χ1n) is 5.49. The normalized spacial score (nSPS) is 13.2. The number of rotatable bonds is 3. The van der Waals surface area contributed by atoms with E-state index in [-0.39, 0.29) is 11.1 Å². The lowest BCUT2D eigenvalue weighted by Gasteiger charge is -2.25. The van der Waals surface area contributed by atoms with Crippen LogP contribution in [0.4, 0.5) is 13.6 Å². The van der Waals surface area contributed by atoms with E-state index in [4.69, 9.17) is 5.11 Å². The van der Waals surface area contributed by atoms with Crippen molar-refractivity contribution in [1.82, 2.24) is 10.3 Å². The Labute approximate surface area is 104 Å². The van der Waals surface area contributed by atoms with Gasteiger partial charge in [0, 0.05) is 6.07 Å². The molecular weight excluding hydrogens is 242 g/mol. The smallest absolute Gasteiger partial charge is 0.405 e. The average molecular weight is 258 g/mol. The molecule has 1 rings (SSSR count). The molecule has 1 aromatic heterocycles. The second-order valence-electron chi connectivity index (χ2n) is 5.29. The minimum absolute atomic E-state index is 0.0891. The van der Waals surface area contributed by atoms with Crippen LogP contribution >= 0.6 is 0 Å². The van der Waals surface area contributed by atoms with E-state index in [1.54, 1.807) is 0 Å². The lowest BCUT2D eigenvalue weighted by atomic mass is 9.87. The highest BCUT2D eigenvalue weighted by Gasteiger charge is 2.25. The summed E-state index contributed by atoms with van der Waals surface area (Å²) in [5.74, 6) is -1.64. The highest BCUT2D eigenvalue weighted by atomic mass is 19.1. The highest BCUT2D eigenvalue weighted by molar-refractivity contribution is 5.65. The minimum atomic E-state index is -1.27. The van der Waals surface area contributed by atoms with Crippen LogP contribution in [0, 0.1) is 17.0 Å². The SMILES string of the molecule is CC(C)(C)C[C@H](NC(=O)O)c1ncc(F)cc1F. The maximum Gasteiger partial charge on any atom is 0.405 e. The fourth-order valence-electron chi connectivity index (χ4n) is 1.66. The first-order valence-corrected chi connectivity index (χ1v) is 5.49. The molecule has 0 bridgehead atoms. The first-order chi connectivity index (χ1) is 8.19. The van der Waals surface area contributed by atoms with Crippen LogP contribution in [0.3, 0.4) is 0 Å². The van der Waals surface area contributed by atoms with Gasteiger partial charge in [-0.25, -0.2) is 13.6 Å². The molecule has 0 radical (unpaired) electrons. The van der Waals surface area contributed by atoms with Crippen LogP contribution in [0.15, 0.2) is 12.3 Å². The summed E-state index contributed by atoms with van der Waals surface area (Å²) in [6.45, 7) is 5.68. The second-order valence-corrected chi connectivity index (χ2v) is 5.29. The molecule has 0 spiro atoms. The molecule has 2 N–H and O–H groups in total. The zero-order valence-corrected chi connectivity index (χ0v) is 10.5. The molecular formula is C12H16F2N2O2. The Kier molecular flexibility index (Phi) is 4.21. The molecule has 0 aliphatic carbocycles. The largest absolute Gasteiger partial charge is 0.465 e. The van der Waals surface area contributed by atoms with E-state index in [0.29, 0.717) is 12.5 Å². The first kappa shape index (κ1) is 14.3. The van der Waals surface area contributed by atoms with E-state index in [0.717, 1.165) is 6.20 Å². The number of nitrogens with zero attached hydrogens (tertiary/aromatic N) is 1. The molecule has 0 saturated carbocycles. The van der Waals surface area contributed by atoms with Crippen molar-refractivity contribution in [2.24, 2.45) is 5.41 Å². The standard InChI is InChI=1S/C12H16F2N2O2/c1-12(2,3)5-9(16-11(17)18)10-8(14)4-7(13)6-15-10/h4,6,9,16H,5H2,1-3H3,(H,17,18)/t9-/m0/s1. The highest BCUT2D eigenvalue weighted by Crippen LogP contribution is 2.29. The number of hydrogen-bond donors (Lipinski definition) is 2. The number of pyridine rings is 1. The van der Waals surface area contributed by atoms with Crippen LogP contribution in [0.5, 0.6) is 0 Å². The van der Waals surface area contributed by atoms with Crippen LogP contribution in [-0.4, -0.2) is 16.2 Å². The van der Waals surface area contributed by atoms with Crippen LogP contribution < -0.4 is 5.32 Å². The number of carboxylic acid groups (broad SMARTS) is 1. The van der Waals surface area contributed by atoms with Gasteiger partial charge in [-0.05, 0) is 11.8 Å². The molecule has 4 nitrogen and oxygen atoms in total. The summed E-state index contributed by atoms with van der Waals surface area (Å²) in [6, 6.07) is -0.107. The number of hydrogen-bond acceptors (Lipinski definition) is 2. The van der Waals surface area contributed by atoms with Crippen LogP contribution in [0.25, 0.3) is 0 Å². The van der Waals surface area contributed by atoms with Crippen molar-refractivity contribution in [3.8, 4) is 0 Å². The maximum atomic E-state index is 13.6. The molecule has 0 fully saturated rings. The third-order valence-corrected chi connectivity index (χ3v) is 2.28. The molecule has 0 saturated heterocycles. The van der Waals surface area contributed by atoms with Crippen molar-refractivity contribution in [1.29, 1.82) is 0 Å². The van der Waals surface area contributed by atoms with E-state index in [1.807, 2.05) is 20.8 Å². The Morgan fingerprint density at radius 2 is 2.11 bits per heavy atom. The Bertz CT molecular complexity index is 444. The summed E-state index contributed by atoms with van der Waals surface area (Å²) in [6.07, 6.45) is -0.0401. The van der Waals surface area contributed by atoms with Gasteiger partial charge in [0.2, 0.25) is 0 Å². The van der Waals surface area contributed by atoms with Gasteiger partial charge in [0.15, 0.2) is 0 Å². The quantitative estimate of drug-likeness (QED) is 0.875. The lowest BCUT2D eigenvalue weighted by molar-refractivity contribution is 0.183. The Morgan fingerprint density at radius 1 is 1.50 bits per heavy atom. The van der Waals surface area contributed by atoms with Gasteiger partial charge in [-0.15, -0.1) is 0 Å². The Hall–Kier alpha value is -1.72. The summed E-state index contributed by atoms with van der Waals surface area (Å²) in [7, 11) is 0. The monoisotopic (exact) mass is 258 g/mol. The Balaban J connectivity index is 3.05. The van der Waals surface area contributed by atoms with Crippen molar-refractivity contribution in [2.45, 2.75) is 33.2 Å². The minimum Gasteiger partial charge on any atom is -0.465 e. The molecule has 1 amide bonds. The summed E-state index contributed by atoms with van der Waals surface area (Å²) < 4.78 is 26.4. The molecule has 100 valence electrons. The zero-order chi connectivity index (χ0) is 13.9. The van der Waals surface area contributed by atoms with Gasteiger partial charge < -0.3 is 10.4 Å². The van der Waals surface area contributed by atoms with Crippen molar-refractivity contribution >= 4 is 6.09 Å². The fraction of sp³-hybridized carbons (Fsp3) is 0.500. The van der Waals surface area contributed by atoms with Gasteiger partial charge in [-0.2, -0.15) is 0 Å². The van der Waals surface area contributed by atoms with E-state index in [9.17, 15) is 13.6 Å². The third kappa shape index (κ3) is 4.27. The molecule has 6 heteroatoms. The molecule has 0 unspecified atom stereocenters. The predicted molar refractivity (Wildman–Crippen MR) is 62.1 cm³/mol. The topological polar surface area (TPSA) is 62.2 Å². The van der Waals surface area contributed by atoms with Gasteiger partial charge >= 0.3 is 6.09 Å². The number of nitrogens with one attached hydrogen (secondary N) is 1. The van der Waals surface area contributed by atoms with Gasteiger partial charge in [0.25, 0.3) is 0 Å². The lowest BCUT2D eigenvalue weighted by Crippen LogP contribution is -2.31. The molecule has 0 aliphatic heterocycles. The molecule has 1 atom stereocenters. The van der Waals surface area contributed by atoms with Crippen LogP contribution in [0.2, 0.25) is 0 Å². The fourth-order valence-corrected chi connectivity index (χ4v) is 1.66. The number of carbonyl (C=O) groups is 1. The summed E-state index contributed by atoms with van der Waals surface area (Å²) >= 11 is 0. The second kappa shape index (κ2) is 5.29. The summed E-state index contributed by atoms with van der Waals surface area (Å²) in [4.78, 5) is 14.4. The van der Waals surface area contributed by atoms with Gasteiger partial charge in [-0.1, -0.05) is 20.8 Å². The maximum absolute atomic E-state index is 13.6. The van der Waals surface area contributed by atoms with Gasteiger partial charge in [0.05, 0.1) is 17.9 Å². The van der Waals surface area contributed by atoms with Crippen molar-refractivity contribution < 1.29 is 18.7 Å². The van der Waals surface area contributed by atoms with E-state index >= 15 is 0 Å². The average Bonchev–Trinajstić information content (AvgIpc) is 2.12.